The van der Waals surface area contributed by atoms with Crippen molar-refractivity contribution in [2.24, 2.45) is 17.6 Å². The van der Waals surface area contributed by atoms with E-state index >= 15 is 0 Å². The van der Waals surface area contributed by atoms with Gasteiger partial charge in [0.2, 0.25) is 0 Å². The molecule has 1 saturated heterocycles. The van der Waals surface area contributed by atoms with Crippen LogP contribution in [0.15, 0.2) is 0 Å². The Balaban J connectivity index is 1.78. The summed E-state index contributed by atoms with van der Waals surface area (Å²) in [5.74, 6) is 1.35. The fraction of sp³-hybridized carbons (Fsp3) is 0.923. The Morgan fingerprint density at radius 1 is 1.35 bits per heavy atom. The van der Waals surface area contributed by atoms with Gasteiger partial charge in [-0.05, 0) is 37.5 Å². The second kappa shape index (κ2) is 5.71. The van der Waals surface area contributed by atoms with E-state index < -0.39 is 0 Å². The number of nitrogens with two attached hydrogens (primary N) is 1. The number of rotatable bonds is 3. The molecule has 0 spiro atoms. The van der Waals surface area contributed by atoms with Crippen LogP contribution >= 0.6 is 0 Å². The Bertz CT molecular complexity index is 269. The maximum atomic E-state index is 11.9. The number of nitrogens with zero attached hydrogens (tertiary/aromatic N) is 1. The van der Waals surface area contributed by atoms with Crippen molar-refractivity contribution in [3.05, 3.63) is 0 Å². The summed E-state index contributed by atoms with van der Waals surface area (Å²) in [5.41, 5.74) is 5.99. The molecule has 4 heteroatoms. The standard InChI is InChI=1S/C13H25N3O/c1-2-3-6-15-13(17)16-8-10-4-5-12(14)7-11(10)9-16/h10-12H,2-9,14H2,1H3,(H,15,17)/t10-,11+,12?/m1/s1. The van der Waals surface area contributed by atoms with Crippen LogP contribution in [-0.2, 0) is 0 Å². The number of carbonyl (C=O) groups is 1. The second-order valence-corrected chi connectivity index (χ2v) is 5.58. The molecule has 1 saturated carbocycles. The minimum absolute atomic E-state index is 0.126. The van der Waals surface area contributed by atoms with E-state index in [1.54, 1.807) is 0 Å². The highest BCUT2D eigenvalue weighted by Crippen LogP contribution is 2.35. The summed E-state index contributed by atoms with van der Waals surface area (Å²) >= 11 is 0. The summed E-state index contributed by atoms with van der Waals surface area (Å²) in [7, 11) is 0. The number of unbranched alkanes of at least 4 members (excludes halogenated alkanes) is 1. The fourth-order valence-electron chi connectivity index (χ4n) is 3.12. The predicted octanol–water partition coefficient (Wildman–Crippen LogP) is 1.56. The van der Waals surface area contributed by atoms with Gasteiger partial charge in [-0.2, -0.15) is 0 Å². The van der Waals surface area contributed by atoms with Crippen molar-refractivity contribution in [3.8, 4) is 0 Å². The van der Waals surface area contributed by atoms with Crippen LogP contribution in [0.4, 0.5) is 4.79 Å². The average molecular weight is 239 g/mol. The average Bonchev–Trinajstić information content (AvgIpc) is 2.72. The Hall–Kier alpha value is -0.770. The number of amides is 2. The maximum absolute atomic E-state index is 11.9. The van der Waals surface area contributed by atoms with Gasteiger partial charge in [-0.25, -0.2) is 4.79 Å². The third-order valence-electron chi connectivity index (χ3n) is 4.18. The van der Waals surface area contributed by atoms with Crippen LogP contribution in [0.5, 0.6) is 0 Å². The number of hydrogen-bond donors (Lipinski definition) is 2. The molecule has 0 aromatic rings. The van der Waals surface area contributed by atoms with E-state index in [0.717, 1.165) is 45.3 Å². The Morgan fingerprint density at radius 2 is 2.12 bits per heavy atom. The molecule has 2 aliphatic rings. The normalized spacial score (nSPS) is 32.4. The minimum Gasteiger partial charge on any atom is -0.338 e. The van der Waals surface area contributed by atoms with Crippen LogP contribution in [0.2, 0.25) is 0 Å². The summed E-state index contributed by atoms with van der Waals surface area (Å²) in [6.07, 6.45) is 5.62. The SMILES string of the molecule is CCCCNC(=O)N1C[C@H]2CCC(N)C[C@H]2C1. The fourth-order valence-corrected chi connectivity index (χ4v) is 3.12. The molecule has 1 aliphatic carbocycles. The number of hydrogen-bond acceptors (Lipinski definition) is 2. The molecule has 2 fully saturated rings. The number of carbonyl (C=O) groups excluding carboxylic acids is 1. The third kappa shape index (κ3) is 3.12. The van der Waals surface area contributed by atoms with Crippen LogP contribution in [0.1, 0.15) is 39.0 Å². The van der Waals surface area contributed by atoms with Crippen molar-refractivity contribution >= 4 is 6.03 Å². The van der Waals surface area contributed by atoms with Crippen molar-refractivity contribution in [1.82, 2.24) is 10.2 Å². The number of nitrogens with one attached hydrogen (secondary N) is 1. The zero-order chi connectivity index (χ0) is 12.3. The van der Waals surface area contributed by atoms with Crippen molar-refractivity contribution in [1.29, 1.82) is 0 Å². The highest BCUT2D eigenvalue weighted by molar-refractivity contribution is 5.74. The molecule has 0 aromatic heterocycles. The molecule has 0 bridgehead atoms. The van der Waals surface area contributed by atoms with Gasteiger partial charge >= 0.3 is 6.03 Å². The van der Waals surface area contributed by atoms with Gasteiger partial charge in [-0.15, -0.1) is 0 Å². The molecule has 1 heterocycles. The first-order valence-corrected chi connectivity index (χ1v) is 6.99. The van der Waals surface area contributed by atoms with E-state index in [-0.39, 0.29) is 6.03 Å². The lowest BCUT2D eigenvalue weighted by molar-refractivity contribution is 0.206. The van der Waals surface area contributed by atoms with Crippen LogP contribution in [0.3, 0.4) is 0 Å². The zero-order valence-corrected chi connectivity index (χ0v) is 10.8. The van der Waals surface area contributed by atoms with Gasteiger partial charge < -0.3 is 16.0 Å². The van der Waals surface area contributed by atoms with Crippen molar-refractivity contribution in [3.63, 3.8) is 0 Å². The minimum atomic E-state index is 0.126. The molecule has 2 rings (SSSR count). The summed E-state index contributed by atoms with van der Waals surface area (Å²) in [6.45, 7) is 4.80. The number of urea groups is 1. The molecule has 0 radical (unpaired) electrons. The molecule has 4 nitrogen and oxygen atoms in total. The van der Waals surface area contributed by atoms with Crippen LogP contribution < -0.4 is 11.1 Å². The van der Waals surface area contributed by atoms with Crippen molar-refractivity contribution < 1.29 is 4.79 Å². The first-order chi connectivity index (χ1) is 8.20. The molecule has 0 aromatic carbocycles. The van der Waals surface area contributed by atoms with Gasteiger partial charge in [0.25, 0.3) is 0 Å². The quantitative estimate of drug-likeness (QED) is 0.734. The van der Waals surface area contributed by atoms with E-state index in [0.29, 0.717) is 17.9 Å². The topological polar surface area (TPSA) is 58.4 Å². The summed E-state index contributed by atoms with van der Waals surface area (Å²) < 4.78 is 0. The Kier molecular flexibility index (Phi) is 4.26. The smallest absolute Gasteiger partial charge is 0.317 e. The van der Waals surface area contributed by atoms with E-state index in [1.165, 1.54) is 6.42 Å². The molecular weight excluding hydrogens is 214 g/mol. The summed E-state index contributed by atoms with van der Waals surface area (Å²) in [6, 6.07) is 0.487. The lowest BCUT2D eigenvalue weighted by Gasteiger charge is -2.27. The maximum Gasteiger partial charge on any atom is 0.317 e. The molecule has 1 aliphatic heterocycles. The highest BCUT2D eigenvalue weighted by Gasteiger charge is 2.38. The van der Waals surface area contributed by atoms with Gasteiger partial charge in [0.15, 0.2) is 0 Å². The van der Waals surface area contributed by atoms with Crippen molar-refractivity contribution in [2.75, 3.05) is 19.6 Å². The number of likely N-dealkylation sites (tertiary alicyclic amines) is 1. The van der Waals surface area contributed by atoms with Gasteiger partial charge in [0.1, 0.15) is 0 Å². The monoisotopic (exact) mass is 239 g/mol. The van der Waals surface area contributed by atoms with Crippen LogP contribution in [0, 0.1) is 11.8 Å². The first kappa shape index (κ1) is 12.7. The Labute approximate surface area is 104 Å². The number of fused-ring (bicyclic) bond motifs is 1. The zero-order valence-electron chi connectivity index (χ0n) is 10.8. The molecule has 98 valence electrons. The second-order valence-electron chi connectivity index (χ2n) is 5.58. The highest BCUT2D eigenvalue weighted by atomic mass is 16.2. The molecule has 3 N–H and O–H groups in total. The predicted molar refractivity (Wildman–Crippen MR) is 68.7 cm³/mol. The van der Waals surface area contributed by atoms with Crippen molar-refractivity contribution in [2.45, 2.75) is 45.1 Å². The lowest BCUT2D eigenvalue weighted by atomic mass is 9.79. The van der Waals surface area contributed by atoms with Crippen LogP contribution in [-0.4, -0.2) is 36.6 Å². The largest absolute Gasteiger partial charge is 0.338 e. The van der Waals surface area contributed by atoms with Gasteiger partial charge in [0.05, 0.1) is 0 Å². The first-order valence-electron chi connectivity index (χ1n) is 6.99. The molecule has 2 amide bonds. The lowest BCUT2D eigenvalue weighted by Crippen LogP contribution is -2.39. The van der Waals surface area contributed by atoms with Gasteiger partial charge in [-0.3, -0.25) is 0 Å². The van der Waals surface area contributed by atoms with E-state index in [2.05, 4.69) is 12.2 Å². The van der Waals surface area contributed by atoms with Gasteiger partial charge in [0, 0.05) is 25.7 Å². The summed E-state index contributed by atoms with van der Waals surface area (Å²) in [5, 5.41) is 3.00. The van der Waals surface area contributed by atoms with E-state index in [9.17, 15) is 4.79 Å². The molecule has 1 unspecified atom stereocenters. The molecular formula is C13H25N3O. The summed E-state index contributed by atoms with van der Waals surface area (Å²) in [4.78, 5) is 13.9. The molecule has 3 atom stereocenters. The third-order valence-corrected chi connectivity index (χ3v) is 4.18. The van der Waals surface area contributed by atoms with E-state index in [4.69, 9.17) is 5.73 Å². The van der Waals surface area contributed by atoms with E-state index in [1.807, 2.05) is 4.90 Å². The van der Waals surface area contributed by atoms with Gasteiger partial charge in [-0.1, -0.05) is 13.3 Å². The molecule has 17 heavy (non-hydrogen) atoms. The Morgan fingerprint density at radius 3 is 2.88 bits per heavy atom. The van der Waals surface area contributed by atoms with Crippen LogP contribution in [0.25, 0.3) is 0 Å².